The summed E-state index contributed by atoms with van der Waals surface area (Å²) in [4.78, 5) is 11.9. The molecule has 0 spiro atoms. The van der Waals surface area contributed by atoms with Crippen LogP contribution in [0.1, 0.15) is 16.8 Å². The zero-order valence-corrected chi connectivity index (χ0v) is 12.5. The average molecular weight is 348 g/mol. The molecule has 1 saturated heterocycles. The predicted molar refractivity (Wildman–Crippen MR) is 73.9 cm³/mol. The van der Waals surface area contributed by atoms with Crippen LogP contribution in [0.25, 0.3) is 0 Å². The van der Waals surface area contributed by atoms with Gasteiger partial charge in [0.2, 0.25) is 0 Å². The van der Waals surface area contributed by atoms with Crippen molar-refractivity contribution in [3.63, 3.8) is 0 Å². The van der Waals surface area contributed by atoms with E-state index in [9.17, 15) is 13.2 Å². The van der Waals surface area contributed by atoms with Crippen molar-refractivity contribution in [2.75, 3.05) is 19.8 Å². The molecule has 0 aliphatic carbocycles. The lowest BCUT2D eigenvalue weighted by molar-refractivity contribution is 0.0416. The van der Waals surface area contributed by atoms with E-state index in [2.05, 4.69) is 15.9 Å². The van der Waals surface area contributed by atoms with Crippen molar-refractivity contribution >= 4 is 31.6 Å². The summed E-state index contributed by atoms with van der Waals surface area (Å²) >= 11 is 3.22. The van der Waals surface area contributed by atoms with Gasteiger partial charge in [-0.1, -0.05) is 6.07 Å². The van der Waals surface area contributed by atoms with E-state index in [1.807, 2.05) is 0 Å². The molecule has 1 aromatic rings. The van der Waals surface area contributed by atoms with Gasteiger partial charge in [-0.2, -0.15) is 0 Å². The summed E-state index contributed by atoms with van der Waals surface area (Å²) in [5.41, 5.74) is 5.79. The molecule has 1 heterocycles. The Morgan fingerprint density at radius 1 is 1.42 bits per heavy atom. The standard InChI is InChI=1S/C12H14BrNO4S/c13-10-5-8(11(15)3-4-14)1-2-12(10)19(16,17)9-6-18-7-9/h1-2,5,9H,3-4,6-7,14H2. The number of halogens is 1. The molecule has 5 nitrogen and oxygen atoms in total. The molecule has 104 valence electrons. The van der Waals surface area contributed by atoms with Crippen LogP contribution < -0.4 is 5.73 Å². The second kappa shape index (κ2) is 5.70. The fourth-order valence-electron chi connectivity index (χ4n) is 1.75. The quantitative estimate of drug-likeness (QED) is 0.807. The van der Waals surface area contributed by atoms with Gasteiger partial charge in [-0.15, -0.1) is 0 Å². The number of carbonyl (C=O) groups excluding carboxylic acids is 1. The first kappa shape index (κ1) is 14.6. The molecule has 1 aliphatic rings. The second-order valence-electron chi connectivity index (χ2n) is 4.31. The van der Waals surface area contributed by atoms with Crippen LogP contribution in [-0.4, -0.2) is 39.2 Å². The van der Waals surface area contributed by atoms with Gasteiger partial charge in [-0.25, -0.2) is 8.42 Å². The summed E-state index contributed by atoms with van der Waals surface area (Å²) < 4.78 is 29.8. The fraction of sp³-hybridized carbons (Fsp3) is 0.417. The van der Waals surface area contributed by atoms with Gasteiger partial charge < -0.3 is 10.5 Å². The number of carbonyl (C=O) groups is 1. The highest BCUT2D eigenvalue weighted by atomic mass is 79.9. The average Bonchev–Trinajstić information content (AvgIpc) is 2.25. The van der Waals surface area contributed by atoms with E-state index in [0.717, 1.165) is 0 Å². The van der Waals surface area contributed by atoms with E-state index in [1.54, 1.807) is 0 Å². The Labute approximate surface area is 120 Å². The number of Topliss-reactive ketones (excluding diaryl/α,β-unsaturated/α-hetero) is 1. The zero-order chi connectivity index (χ0) is 14.0. The maximum absolute atomic E-state index is 12.2. The van der Waals surface area contributed by atoms with E-state index in [4.69, 9.17) is 10.5 Å². The molecule has 0 saturated carbocycles. The number of hydrogen-bond acceptors (Lipinski definition) is 5. The molecule has 0 amide bonds. The maximum Gasteiger partial charge on any atom is 0.186 e. The van der Waals surface area contributed by atoms with Crippen LogP contribution in [0.5, 0.6) is 0 Å². The van der Waals surface area contributed by atoms with Gasteiger partial charge >= 0.3 is 0 Å². The first-order chi connectivity index (χ1) is 8.96. The van der Waals surface area contributed by atoms with Gasteiger partial charge in [0.15, 0.2) is 15.6 Å². The summed E-state index contributed by atoms with van der Waals surface area (Å²) in [6.07, 6.45) is 0.245. The Kier molecular flexibility index (Phi) is 4.39. The largest absolute Gasteiger partial charge is 0.379 e. The minimum Gasteiger partial charge on any atom is -0.379 e. The molecular weight excluding hydrogens is 334 g/mol. The topological polar surface area (TPSA) is 86.5 Å². The lowest BCUT2D eigenvalue weighted by atomic mass is 10.1. The third-order valence-electron chi connectivity index (χ3n) is 2.98. The molecule has 2 N–H and O–H groups in total. The van der Waals surface area contributed by atoms with Gasteiger partial charge in [0.1, 0.15) is 5.25 Å². The highest BCUT2D eigenvalue weighted by Crippen LogP contribution is 2.29. The maximum atomic E-state index is 12.2. The minimum atomic E-state index is -3.40. The SMILES string of the molecule is NCCC(=O)c1ccc(S(=O)(=O)C2COC2)c(Br)c1. The van der Waals surface area contributed by atoms with Gasteiger partial charge in [-0.05, 0) is 34.6 Å². The first-order valence-electron chi connectivity index (χ1n) is 5.81. The van der Waals surface area contributed by atoms with Crippen molar-refractivity contribution in [2.45, 2.75) is 16.6 Å². The van der Waals surface area contributed by atoms with Gasteiger partial charge in [0.25, 0.3) is 0 Å². The lowest BCUT2D eigenvalue weighted by Gasteiger charge is -2.26. The van der Waals surface area contributed by atoms with E-state index >= 15 is 0 Å². The number of nitrogens with two attached hydrogens (primary N) is 1. The summed E-state index contributed by atoms with van der Waals surface area (Å²) in [5.74, 6) is -0.0980. The monoisotopic (exact) mass is 347 g/mol. The molecule has 0 atom stereocenters. The Morgan fingerprint density at radius 2 is 2.11 bits per heavy atom. The number of sulfone groups is 1. The smallest absolute Gasteiger partial charge is 0.186 e. The summed E-state index contributed by atoms with van der Waals surface area (Å²) in [6.45, 7) is 0.723. The molecule has 0 unspecified atom stereocenters. The highest BCUT2D eigenvalue weighted by Gasteiger charge is 2.35. The number of hydrogen-bond donors (Lipinski definition) is 1. The number of benzene rings is 1. The number of ether oxygens (including phenoxy) is 1. The van der Waals surface area contributed by atoms with Crippen LogP contribution in [0.3, 0.4) is 0 Å². The van der Waals surface area contributed by atoms with Crippen LogP contribution in [0.2, 0.25) is 0 Å². The van der Waals surface area contributed by atoms with Crippen molar-refractivity contribution in [3.8, 4) is 0 Å². The van der Waals surface area contributed by atoms with Gasteiger partial charge in [0.05, 0.1) is 18.1 Å². The molecule has 19 heavy (non-hydrogen) atoms. The molecule has 0 radical (unpaired) electrons. The van der Waals surface area contributed by atoms with Crippen molar-refractivity contribution < 1.29 is 17.9 Å². The van der Waals surface area contributed by atoms with Crippen LogP contribution >= 0.6 is 15.9 Å². The van der Waals surface area contributed by atoms with Crippen LogP contribution in [0, 0.1) is 0 Å². The van der Waals surface area contributed by atoms with Crippen molar-refractivity contribution in [2.24, 2.45) is 5.73 Å². The van der Waals surface area contributed by atoms with E-state index in [1.165, 1.54) is 18.2 Å². The number of ketones is 1. The molecule has 0 aromatic heterocycles. The Bertz CT molecular complexity index is 596. The zero-order valence-electron chi connectivity index (χ0n) is 10.1. The van der Waals surface area contributed by atoms with Crippen LogP contribution in [-0.2, 0) is 14.6 Å². The Hall–Kier alpha value is -0.760. The molecule has 0 bridgehead atoms. The first-order valence-corrected chi connectivity index (χ1v) is 8.15. The fourth-order valence-corrected chi connectivity index (χ4v) is 4.31. The third kappa shape index (κ3) is 2.89. The van der Waals surface area contributed by atoms with Crippen molar-refractivity contribution in [3.05, 3.63) is 28.2 Å². The van der Waals surface area contributed by atoms with Crippen molar-refractivity contribution in [1.29, 1.82) is 0 Å². The molecule has 2 rings (SSSR count). The van der Waals surface area contributed by atoms with Crippen LogP contribution in [0.4, 0.5) is 0 Å². The lowest BCUT2D eigenvalue weighted by Crippen LogP contribution is -2.40. The molecule has 1 aromatic carbocycles. The van der Waals surface area contributed by atoms with Gasteiger partial charge in [0, 0.05) is 16.5 Å². The Balaban J connectivity index is 2.31. The predicted octanol–water partition coefficient (Wildman–Crippen LogP) is 1.15. The molecule has 1 aliphatic heterocycles. The van der Waals surface area contributed by atoms with Gasteiger partial charge in [-0.3, -0.25) is 4.79 Å². The summed E-state index contributed by atoms with van der Waals surface area (Å²) in [7, 11) is -3.40. The van der Waals surface area contributed by atoms with Crippen LogP contribution in [0.15, 0.2) is 27.6 Å². The molecular formula is C12H14BrNO4S. The van der Waals surface area contributed by atoms with E-state index in [-0.39, 0.29) is 36.9 Å². The molecule has 7 heteroatoms. The summed E-state index contributed by atoms with van der Waals surface area (Å²) in [6, 6.07) is 4.51. The molecule has 1 fully saturated rings. The normalized spacial score (nSPS) is 16.1. The minimum absolute atomic E-state index is 0.0980. The highest BCUT2D eigenvalue weighted by molar-refractivity contribution is 9.10. The van der Waals surface area contributed by atoms with E-state index < -0.39 is 15.1 Å². The van der Waals surface area contributed by atoms with E-state index in [0.29, 0.717) is 10.0 Å². The Morgan fingerprint density at radius 3 is 2.58 bits per heavy atom. The second-order valence-corrected chi connectivity index (χ2v) is 7.36. The number of rotatable bonds is 5. The third-order valence-corrected chi connectivity index (χ3v) is 6.02. The summed E-state index contributed by atoms with van der Waals surface area (Å²) in [5, 5.41) is -0.491. The van der Waals surface area contributed by atoms with Crippen molar-refractivity contribution in [1.82, 2.24) is 0 Å².